The molecular formula is C15H13FO2. The Kier molecular flexibility index (Phi) is 3.42. The first kappa shape index (κ1) is 12.3. The quantitative estimate of drug-likeness (QED) is 0.761. The van der Waals surface area contributed by atoms with Crippen molar-refractivity contribution in [1.82, 2.24) is 0 Å². The summed E-state index contributed by atoms with van der Waals surface area (Å²) in [7, 11) is 0. The van der Waals surface area contributed by atoms with E-state index in [1.54, 1.807) is 43.3 Å². The fraction of sp³-hybridized carbons (Fsp3) is 0.133. The van der Waals surface area contributed by atoms with Gasteiger partial charge in [-0.2, -0.15) is 0 Å². The number of allylic oxidation sites excluding steroid dienone is 1. The van der Waals surface area contributed by atoms with E-state index >= 15 is 0 Å². The molecule has 1 heterocycles. The molecule has 0 aliphatic carbocycles. The molecule has 1 aromatic carbocycles. The lowest BCUT2D eigenvalue weighted by atomic mass is 10.1. The van der Waals surface area contributed by atoms with Crippen LogP contribution in [0.4, 0.5) is 4.39 Å². The third kappa shape index (κ3) is 2.56. The zero-order valence-corrected chi connectivity index (χ0v) is 10.2. The van der Waals surface area contributed by atoms with Gasteiger partial charge in [0.2, 0.25) is 0 Å². The van der Waals surface area contributed by atoms with Crippen LogP contribution in [0.5, 0.6) is 0 Å². The van der Waals surface area contributed by atoms with Crippen LogP contribution < -0.4 is 0 Å². The highest BCUT2D eigenvalue weighted by Crippen LogP contribution is 2.25. The fourth-order valence-corrected chi connectivity index (χ4v) is 1.55. The summed E-state index contributed by atoms with van der Waals surface area (Å²) in [5, 5.41) is 0. The molecule has 0 spiro atoms. The third-order valence-corrected chi connectivity index (χ3v) is 2.68. The van der Waals surface area contributed by atoms with E-state index in [1.165, 1.54) is 13.0 Å². The summed E-state index contributed by atoms with van der Waals surface area (Å²) in [6.45, 7) is 3.21. The maximum absolute atomic E-state index is 13.5. The molecule has 2 rings (SSSR count). The Bertz CT molecular complexity index is 608. The van der Waals surface area contributed by atoms with E-state index in [0.29, 0.717) is 22.7 Å². The average Bonchev–Trinajstić information content (AvgIpc) is 2.77. The number of hydrogen-bond acceptors (Lipinski definition) is 2. The first-order chi connectivity index (χ1) is 8.58. The molecule has 0 saturated heterocycles. The summed E-state index contributed by atoms with van der Waals surface area (Å²) >= 11 is 0. The molecule has 0 aliphatic heterocycles. The number of Topliss-reactive ketones (excluding diaryl/α,β-unsaturated/α-hetero) is 1. The Morgan fingerprint density at radius 3 is 2.56 bits per heavy atom. The zero-order chi connectivity index (χ0) is 13.1. The smallest absolute Gasteiger partial charge is 0.155 e. The Morgan fingerprint density at radius 2 is 1.89 bits per heavy atom. The van der Waals surface area contributed by atoms with Crippen LogP contribution in [0.3, 0.4) is 0 Å². The molecule has 1 aromatic heterocycles. The van der Waals surface area contributed by atoms with Gasteiger partial charge in [0.05, 0.1) is 5.56 Å². The van der Waals surface area contributed by atoms with E-state index in [0.717, 1.165) is 0 Å². The monoisotopic (exact) mass is 244 g/mol. The summed E-state index contributed by atoms with van der Waals surface area (Å²) in [5.41, 5.74) is 1.02. The van der Waals surface area contributed by atoms with Crippen molar-refractivity contribution in [3.8, 4) is 11.3 Å². The minimum atomic E-state index is -0.328. The molecule has 0 fully saturated rings. The zero-order valence-electron chi connectivity index (χ0n) is 10.2. The second-order valence-corrected chi connectivity index (χ2v) is 4.07. The molecule has 0 radical (unpaired) electrons. The van der Waals surface area contributed by atoms with E-state index in [1.807, 2.05) is 0 Å². The lowest BCUT2D eigenvalue weighted by molar-refractivity contribution is -0.113. The van der Waals surface area contributed by atoms with Gasteiger partial charge < -0.3 is 4.42 Å². The molecule has 2 aromatic rings. The maximum atomic E-state index is 13.5. The van der Waals surface area contributed by atoms with Crippen LogP contribution in [0, 0.1) is 5.82 Å². The van der Waals surface area contributed by atoms with Gasteiger partial charge in [-0.3, -0.25) is 4.79 Å². The van der Waals surface area contributed by atoms with Crippen molar-refractivity contribution in [3.05, 3.63) is 53.5 Å². The topological polar surface area (TPSA) is 30.2 Å². The molecule has 0 unspecified atom stereocenters. The second kappa shape index (κ2) is 5.00. The van der Waals surface area contributed by atoms with E-state index < -0.39 is 0 Å². The summed E-state index contributed by atoms with van der Waals surface area (Å²) in [5.74, 6) is 0.654. The molecule has 0 N–H and O–H groups in total. The number of ketones is 1. The molecular weight excluding hydrogens is 231 g/mol. The summed E-state index contributed by atoms with van der Waals surface area (Å²) in [4.78, 5) is 11.1. The molecule has 0 bridgehead atoms. The molecule has 0 saturated carbocycles. The van der Waals surface area contributed by atoms with Gasteiger partial charge in [-0.15, -0.1) is 0 Å². The highest BCUT2D eigenvalue weighted by molar-refractivity contribution is 5.96. The second-order valence-electron chi connectivity index (χ2n) is 4.07. The standard InChI is InChI=1S/C15H13FO2/c1-10(11(2)17)9-12-7-8-15(18-12)13-5-3-4-6-14(13)16/h3-9H,1-2H3/b10-9+. The largest absolute Gasteiger partial charge is 0.457 e. The predicted molar refractivity (Wildman–Crippen MR) is 68.4 cm³/mol. The average molecular weight is 244 g/mol. The van der Waals surface area contributed by atoms with Gasteiger partial charge in [-0.1, -0.05) is 12.1 Å². The van der Waals surface area contributed by atoms with Gasteiger partial charge in [0.1, 0.15) is 17.3 Å². The van der Waals surface area contributed by atoms with Crippen LogP contribution in [0.15, 0.2) is 46.4 Å². The molecule has 3 heteroatoms. The number of rotatable bonds is 3. The minimum Gasteiger partial charge on any atom is -0.457 e. The van der Waals surface area contributed by atoms with Crippen molar-refractivity contribution in [2.24, 2.45) is 0 Å². The Morgan fingerprint density at radius 1 is 1.17 bits per heavy atom. The van der Waals surface area contributed by atoms with Crippen molar-refractivity contribution in [3.63, 3.8) is 0 Å². The summed E-state index contributed by atoms with van der Waals surface area (Å²) in [6.07, 6.45) is 1.65. The number of benzene rings is 1. The SMILES string of the molecule is CC(=O)/C(C)=C/c1ccc(-c2ccccc2F)o1. The van der Waals surface area contributed by atoms with Crippen molar-refractivity contribution in [2.75, 3.05) is 0 Å². The van der Waals surface area contributed by atoms with Crippen molar-refractivity contribution in [1.29, 1.82) is 0 Å². The van der Waals surface area contributed by atoms with Gasteiger partial charge in [0, 0.05) is 0 Å². The summed E-state index contributed by atoms with van der Waals surface area (Å²) in [6, 6.07) is 9.82. The minimum absolute atomic E-state index is 0.0150. The Labute approximate surface area is 105 Å². The van der Waals surface area contributed by atoms with Crippen molar-refractivity contribution < 1.29 is 13.6 Å². The van der Waals surface area contributed by atoms with Gasteiger partial charge in [-0.25, -0.2) is 4.39 Å². The van der Waals surface area contributed by atoms with Gasteiger partial charge in [0.15, 0.2) is 5.78 Å². The van der Waals surface area contributed by atoms with Gasteiger partial charge in [-0.05, 0) is 49.8 Å². The summed E-state index contributed by atoms with van der Waals surface area (Å²) < 4.78 is 19.0. The van der Waals surface area contributed by atoms with Crippen molar-refractivity contribution >= 4 is 11.9 Å². The molecule has 0 atom stereocenters. The lowest BCUT2D eigenvalue weighted by Crippen LogP contribution is -1.89. The van der Waals surface area contributed by atoms with E-state index in [-0.39, 0.29) is 11.6 Å². The van der Waals surface area contributed by atoms with Gasteiger partial charge >= 0.3 is 0 Å². The Hall–Kier alpha value is -2.16. The van der Waals surface area contributed by atoms with Crippen molar-refractivity contribution in [2.45, 2.75) is 13.8 Å². The Balaban J connectivity index is 2.35. The van der Waals surface area contributed by atoms with Crippen LogP contribution in [-0.2, 0) is 4.79 Å². The normalized spacial score (nSPS) is 11.6. The highest BCUT2D eigenvalue weighted by atomic mass is 19.1. The van der Waals surface area contributed by atoms with Crippen LogP contribution in [0.25, 0.3) is 17.4 Å². The molecule has 92 valence electrons. The number of hydrogen-bond donors (Lipinski definition) is 0. The molecule has 0 aliphatic rings. The number of carbonyl (C=O) groups excluding carboxylic acids is 1. The first-order valence-corrected chi connectivity index (χ1v) is 5.62. The first-order valence-electron chi connectivity index (χ1n) is 5.62. The van der Waals surface area contributed by atoms with Crippen LogP contribution in [0.2, 0.25) is 0 Å². The third-order valence-electron chi connectivity index (χ3n) is 2.68. The maximum Gasteiger partial charge on any atom is 0.155 e. The number of furan rings is 1. The van der Waals surface area contributed by atoms with Crippen LogP contribution in [-0.4, -0.2) is 5.78 Å². The van der Waals surface area contributed by atoms with E-state index in [9.17, 15) is 9.18 Å². The molecule has 18 heavy (non-hydrogen) atoms. The molecule has 2 nitrogen and oxygen atoms in total. The number of carbonyl (C=O) groups is 1. The van der Waals surface area contributed by atoms with E-state index in [2.05, 4.69) is 0 Å². The van der Waals surface area contributed by atoms with Crippen LogP contribution >= 0.6 is 0 Å². The fourth-order valence-electron chi connectivity index (χ4n) is 1.55. The highest BCUT2D eigenvalue weighted by Gasteiger charge is 2.08. The predicted octanol–water partition coefficient (Wildman–Crippen LogP) is 4.08. The number of halogens is 1. The molecule has 0 amide bonds. The van der Waals surface area contributed by atoms with E-state index in [4.69, 9.17) is 4.42 Å². The lowest BCUT2D eigenvalue weighted by Gasteiger charge is -1.98. The van der Waals surface area contributed by atoms with Crippen LogP contribution in [0.1, 0.15) is 19.6 Å². The van der Waals surface area contributed by atoms with Gasteiger partial charge in [0.25, 0.3) is 0 Å².